The molecule has 32 heavy (non-hydrogen) atoms. The van der Waals surface area contributed by atoms with Crippen LogP contribution in [0, 0.1) is 0 Å². The average Bonchev–Trinajstić information content (AvgIpc) is 3.30. The van der Waals surface area contributed by atoms with Crippen LogP contribution in [0.5, 0.6) is 11.5 Å². The van der Waals surface area contributed by atoms with Crippen LogP contribution < -0.4 is 14.8 Å². The Balaban J connectivity index is 0.00000363. The van der Waals surface area contributed by atoms with E-state index >= 15 is 0 Å². The third-order valence-electron chi connectivity index (χ3n) is 5.30. The van der Waals surface area contributed by atoms with Crippen molar-refractivity contribution in [2.24, 2.45) is 4.99 Å². The van der Waals surface area contributed by atoms with E-state index in [-0.39, 0.29) is 24.0 Å². The van der Waals surface area contributed by atoms with Gasteiger partial charge >= 0.3 is 0 Å². The third kappa shape index (κ3) is 7.84. The monoisotopic (exact) mass is 557 g/mol. The van der Waals surface area contributed by atoms with Crippen LogP contribution >= 0.6 is 24.0 Å². The van der Waals surface area contributed by atoms with E-state index in [0.717, 1.165) is 81.8 Å². The Morgan fingerprint density at radius 3 is 2.62 bits per heavy atom. The molecule has 2 aromatic rings. The van der Waals surface area contributed by atoms with E-state index in [1.807, 2.05) is 19.1 Å². The Kier molecular flexibility index (Phi) is 11.6. The molecule has 8 nitrogen and oxygen atoms in total. The van der Waals surface area contributed by atoms with Crippen molar-refractivity contribution in [2.75, 3.05) is 53.0 Å². The van der Waals surface area contributed by atoms with E-state index in [1.54, 1.807) is 13.4 Å². The Hall–Kier alpha value is -2.01. The van der Waals surface area contributed by atoms with Crippen molar-refractivity contribution < 1.29 is 14.0 Å². The van der Waals surface area contributed by atoms with E-state index in [1.165, 1.54) is 5.56 Å². The SMILES string of the molecule is CCNC(=NCCCc1ccc(OC)c(OCC)c1)N1CCN(Cc2ccon2)CC1.I. The Labute approximate surface area is 208 Å². The molecule has 1 saturated heterocycles. The molecule has 3 rings (SSSR count). The van der Waals surface area contributed by atoms with Crippen LogP contribution in [0.15, 0.2) is 40.0 Å². The van der Waals surface area contributed by atoms with Gasteiger partial charge in [-0.2, -0.15) is 0 Å². The lowest BCUT2D eigenvalue weighted by Gasteiger charge is -2.36. The molecule has 1 aliphatic heterocycles. The van der Waals surface area contributed by atoms with E-state index in [9.17, 15) is 0 Å². The van der Waals surface area contributed by atoms with Gasteiger partial charge in [-0.3, -0.25) is 9.89 Å². The number of hydrogen-bond acceptors (Lipinski definition) is 6. The van der Waals surface area contributed by atoms with Gasteiger partial charge in [0.1, 0.15) is 6.26 Å². The molecule has 0 unspecified atom stereocenters. The quantitative estimate of drug-likeness (QED) is 0.208. The second kappa shape index (κ2) is 14.2. The number of methoxy groups -OCH3 is 1. The fourth-order valence-corrected chi connectivity index (χ4v) is 3.70. The molecule has 0 spiro atoms. The van der Waals surface area contributed by atoms with Gasteiger partial charge in [-0.25, -0.2) is 0 Å². The summed E-state index contributed by atoms with van der Waals surface area (Å²) in [5.41, 5.74) is 2.23. The van der Waals surface area contributed by atoms with Crippen LogP contribution in [0.25, 0.3) is 0 Å². The maximum atomic E-state index is 5.68. The lowest BCUT2D eigenvalue weighted by Crippen LogP contribution is -2.52. The first kappa shape index (κ1) is 26.2. The second-order valence-electron chi connectivity index (χ2n) is 7.51. The zero-order chi connectivity index (χ0) is 21.9. The molecule has 1 fully saturated rings. The first-order chi connectivity index (χ1) is 15.2. The van der Waals surface area contributed by atoms with Gasteiger partial charge in [0, 0.05) is 51.9 Å². The Morgan fingerprint density at radius 1 is 1.16 bits per heavy atom. The summed E-state index contributed by atoms with van der Waals surface area (Å²) >= 11 is 0. The predicted octanol–water partition coefficient (Wildman–Crippen LogP) is 3.42. The molecule has 0 saturated carbocycles. The molecule has 9 heteroatoms. The third-order valence-corrected chi connectivity index (χ3v) is 5.30. The molecular weight excluding hydrogens is 521 g/mol. The minimum absolute atomic E-state index is 0. The minimum atomic E-state index is 0. The summed E-state index contributed by atoms with van der Waals surface area (Å²) < 4.78 is 16.0. The van der Waals surface area contributed by atoms with E-state index in [4.69, 9.17) is 19.0 Å². The molecule has 178 valence electrons. The van der Waals surface area contributed by atoms with Crippen molar-refractivity contribution in [3.05, 3.63) is 41.8 Å². The number of piperazine rings is 1. The van der Waals surface area contributed by atoms with Crippen molar-refractivity contribution in [1.29, 1.82) is 0 Å². The van der Waals surface area contributed by atoms with Crippen LogP contribution in [0.2, 0.25) is 0 Å². The van der Waals surface area contributed by atoms with E-state index in [2.05, 4.69) is 39.3 Å². The van der Waals surface area contributed by atoms with Crippen LogP contribution in [-0.4, -0.2) is 73.9 Å². The zero-order valence-electron chi connectivity index (χ0n) is 19.4. The zero-order valence-corrected chi connectivity index (χ0v) is 21.7. The molecule has 0 atom stereocenters. The van der Waals surface area contributed by atoms with Gasteiger partial charge in [0.25, 0.3) is 0 Å². The van der Waals surface area contributed by atoms with Crippen molar-refractivity contribution in [3.8, 4) is 11.5 Å². The maximum Gasteiger partial charge on any atom is 0.194 e. The number of benzene rings is 1. The number of hydrogen-bond donors (Lipinski definition) is 1. The number of aliphatic imine (C=N–C) groups is 1. The van der Waals surface area contributed by atoms with Gasteiger partial charge in [-0.1, -0.05) is 11.2 Å². The smallest absolute Gasteiger partial charge is 0.194 e. The fourth-order valence-electron chi connectivity index (χ4n) is 3.70. The summed E-state index contributed by atoms with van der Waals surface area (Å²) in [6.07, 6.45) is 3.57. The Bertz CT molecular complexity index is 808. The lowest BCUT2D eigenvalue weighted by atomic mass is 10.1. The number of ether oxygens (including phenoxy) is 2. The largest absolute Gasteiger partial charge is 0.493 e. The number of rotatable bonds is 10. The molecule has 1 aliphatic rings. The van der Waals surface area contributed by atoms with Gasteiger partial charge in [-0.15, -0.1) is 24.0 Å². The summed E-state index contributed by atoms with van der Waals surface area (Å²) in [5.74, 6) is 2.59. The summed E-state index contributed by atoms with van der Waals surface area (Å²) in [6, 6.07) is 8.08. The van der Waals surface area contributed by atoms with Gasteiger partial charge in [0.2, 0.25) is 0 Å². The molecule has 0 radical (unpaired) electrons. The topological polar surface area (TPSA) is 75.4 Å². The van der Waals surface area contributed by atoms with Gasteiger partial charge < -0.3 is 24.2 Å². The summed E-state index contributed by atoms with van der Waals surface area (Å²) in [6.45, 7) is 11.1. The molecule has 1 aromatic heterocycles. The molecule has 0 bridgehead atoms. The van der Waals surface area contributed by atoms with Gasteiger partial charge in [0.05, 0.1) is 19.4 Å². The first-order valence-corrected chi connectivity index (χ1v) is 11.2. The first-order valence-electron chi connectivity index (χ1n) is 11.2. The standard InChI is InChI=1S/C23H35N5O3.HI/c1-4-24-23(28-14-12-27(13-15-28)18-20-10-16-31-26-20)25-11-6-7-19-8-9-21(29-3)22(17-19)30-5-2;/h8-10,16-17H,4-7,11-15,18H2,1-3H3,(H,24,25);1H. The molecule has 0 amide bonds. The molecule has 0 aliphatic carbocycles. The summed E-state index contributed by atoms with van der Waals surface area (Å²) in [7, 11) is 1.67. The van der Waals surface area contributed by atoms with Crippen molar-refractivity contribution in [1.82, 2.24) is 20.3 Å². The normalized spacial score (nSPS) is 14.7. The average molecular weight is 557 g/mol. The van der Waals surface area contributed by atoms with Gasteiger partial charge in [0.15, 0.2) is 17.5 Å². The highest BCUT2D eigenvalue weighted by Crippen LogP contribution is 2.28. The van der Waals surface area contributed by atoms with Crippen molar-refractivity contribution >= 4 is 29.9 Å². The predicted molar refractivity (Wildman–Crippen MR) is 137 cm³/mol. The molecule has 2 heterocycles. The van der Waals surface area contributed by atoms with Crippen molar-refractivity contribution in [2.45, 2.75) is 33.2 Å². The number of nitrogens with zero attached hydrogens (tertiary/aromatic N) is 4. The van der Waals surface area contributed by atoms with E-state index < -0.39 is 0 Å². The minimum Gasteiger partial charge on any atom is -0.493 e. The molecule has 1 aromatic carbocycles. The van der Waals surface area contributed by atoms with Crippen LogP contribution in [0.1, 0.15) is 31.5 Å². The second-order valence-corrected chi connectivity index (χ2v) is 7.51. The highest BCUT2D eigenvalue weighted by Gasteiger charge is 2.20. The molecular formula is C23H36IN5O3. The number of nitrogens with one attached hydrogen (secondary N) is 1. The van der Waals surface area contributed by atoms with Crippen LogP contribution in [0.3, 0.4) is 0 Å². The van der Waals surface area contributed by atoms with Gasteiger partial charge in [-0.05, 0) is 44.4 Å². The number of aromatic nitrogens is 1. The summed E-state index contributed by atoms with van der Waals surface area (Å²) in [5, 5.41) is 7.46. The van der Waals surface area contributed by atoms with Crippen molar-refractivity contribution in [3.63, 3.8) is 0 Å². The number of guanidine groups is 1. The van der Waals surface area contributed by atoms with Crippen LogP contribution in [-0.2, 0) is 13.0 Å². The highest BCUT2D eigenvalue weighted by molar-refractivity contribution is 14.0. The fraction of sp³-hybridized carbons (Fsp3) is 0.565. The lowest BCUT2D eigenvalue weighted by molar-refractivity contribution is 0.169. The van der Waals surface area contributed by atoms with E-state index in [0.29, 0.717) is 6.61 Å². The number of aryl methyl sites for hydroxylation is 1. The Morgan fingerprint density at radius 2 is 1.97 bits per heavy atom. The summed E-state index contributed by atoms with van der Waals surface area (Å²) in [4.78, 5) is 9.63. The number of halogens is 1. The van der Waals surface area contributed by atoms with Crippen LogP contribution in [0.4, 0.5) is 0 Å². The molecule has 1 N–H and O–H groups in total. The highest BCUT2D eigenvalue weighted by atomic mass is 127. The maximum absolute atomic E-state index is 5.68.